The van der Waals surface area contributed by atoms with Gasteiger partial charge in [-0.05, 0) is 43.5 Å². The van der Waals surface area contributed by atoms with E-state index in [1.165, 1.54) is 11.1 Å². The molecule has 1 N–H and O–H groups in total. The van der Waals surface area contributed by atoms with Crippen LogP contribution in [0.25, 0.3) is 0 Å². The molecule has 1 aliphatic heterocycles. The molecule has 0 spiro atoms. The molecule has 1 aromatic heterocycles. The predicted octanol–water partition coefficient (Wildman–Crippen LogP) is 3.06. The molecule has 1 fully saturated rings. The normalized spacial score (nSPS) is 16.2. The highest BCUT2D eigenvalue weighted by Crippen LogP contribution is 2.28. The van der Waals surface area contributed by atoms with Gasteiger partial charge in [-0.1, -0.05) is 43.0 Å². The zero-order chi connectivity index (χ0) is 14.5. The summed E-state index contributed by atoms with van der Waals surface area (Å²) in [6.45, 7) is 4.39. The van der Waals surface area contributed by atoms with E-state index < -0.39 is 0 Å². The van der Waals surface area contributed by atoms with Gasteiger partial charge in [0.25, 0.3) is 0 Å². The molecular weight excluding hydrogens is 280 g/mol. The van der Waals surface area contributed by atoms with Crippen LogP contribution in [0.15, 0.2) is 35.7 Å². The number of thioether (sulfide) groups is 1. The highest BCUT2D eigenvalue weighted by atomic mass is 32.2. The van der Waals surface area contributed by atoms with Crippen LogP contribution in [0.5, 0.6) is 0 Å². The molecule has 2 heterocycles. The van der Waals surface area contributed by atoms with Crippen molar-refractivity contribution in [2.45, 2.75) is 43.1 Å². The van der Waals surface area contributed by atoms with Gasteiger partial charge in [0.05, 0.1) is 0 Å². The number of aryl methyl sites for hydroxylation is 1. The Morgan fingerprint density at radius 3 is 2.76 bits per heavy atom. The van der Waals surface area contributed by atoms with Gasteiger partial charge >= 0.3 is 0 Å². The molecule has 112 valence electrons. The molecule has 1 saturated heterocycles. The van der Waals surface area contributed by atoms with Gasteiger partial charge in [-0.2, -0.15) is 0 Å². The molecular formula is C16H22N4S. The van der Waals surface area contributed by atoms with Crippen LogP contribution < -0.4 is 5.32 Å². The van der Waals surface area contributed by atoms with Crippen molar-refractivity contribution in [3.05, 3.63) is 41.7 Å². The number of hydrogen-bond donors (Lipinski definition) is 1. The third kappa shape index (κ3) is 3.47. The number of benzene rings is 1. The van der Waals surface area contributed by atoms with Crippen molar-refractivity contribution in [2.24, 2.45) is 0 Å². The Bertz CT molecular complexity index is 575. The first-order valence-electron chi connectivity index (χ1n) is 7.68. The van der Waals surface area contributed by atoms with Crippen molar-refractivity contribution in [2.75, 3.05) is 13.1 Å². The van der Waals surface area contributed by atoms with Crippen LogP contribution in [0.3, 0.4) is 0 Å². The second-order valence-corrected chi connectivity index (χ2v) is 6.36. The van der Waals surface area contributed by atoms with Gasteiger partial charge in [0.15, 0.2) is 5.16 Å². The molecule has 1 aliphatic rings. The lowest BCUT2D eigenvalue weighted by Crippen LogP contribution is -2.29. The quantitative estimate of drug-likeness (QED) is 0.862. The van der Waals surface area contributed by atoms with Gasteiger partial charge in [0.1, 0.15) is 6.33 Å². The summed E-state index contributed by atoms with van der Waals surface area (Å²) in [5.74, 6) is 0.966. The second-order valence-electron chi connectivity index (χ2n) is 5.41. The summed E-state index contributed by atoms with van der Waals surface area (Å²) in [7, 11) is 0. The Kier molecular flexibility index (Phi) is 4.93. The van der Waals surface area contributed by atoms with Crippen LogP contribution >= 0.6 is 11.8 Å². The fourth-order valence-corrected chi connectivity index (χ4v) is 3.87. The molecule has 3 rings (SSSR count). The molecule has 0 bridgehead atoms. The van der Waals surface area contributed by atoms with E-state index in [-0.39, 0.29) is 0 Å². The minimum Gasteiger partial charge on any atom is -0.317 e. The zero-order valence-corrected chi connectivity index (χ0v) is 13.3. The van der Waals surface area contributed by atoms with Crippen molar-refractivity contribution in [3.63, 3.8) is 0 Å². The van der Waals surface area contributed by atoms with E-state index in [9.17, 15) is 0 Å². The molecule has 5 heteroatoms. The molecule has 0 aliphatic carbocycles. The van der Waals surface area contributed by atoms with Gasteiger partial charge < -0.3 is 9.88 Å². The van der Waals surface area contributed by atoms with E-state index in [4.69, 9.17) is 0 Å². The third-order valence-electron chi connectivity index (χ3n) is 4.10. The smallest absolute Gasteiger partial charge is 0.191 e. The lowest BCUT2D eigenvalue weighted by atomic mass is 10.1. The predicted molar refractivity (Wildman–Crippen MR) is 86.5 cm³/mol. The number of aromatic nitrogens is 3. The van der Waals surface area contributed by atoms with E-state index in [2.05, 4.69) is 51.3 Å². The van der Waals surface area contributed by atoms with E-state index in [0.29, 0.717) is 6.04 Å². The van der Waals surface area contributed by atoms with Crippen molar-refractivity contribution < 1.29 is 0 Å². The first kappa shape index (κ1) is 14.6. The van der Waals surface area contributed by atoms with E-state index >= 15 is 0 Å². The number of nitrogens with zero attached hydrogens (tertiary/aromatic N) is 3. The molecule has 0 atom stereocenters. The summed E-state index contributed by atoms with van der Waals surface area (Å²) in [6, 6.07) is 9.21. The maximum Gasteiger partial charge on any atom is 0.191 e. The summed E-state index contributed by atoms with van der Waals surface area (Å²) in [6.07, 6.45) is 5.30. The SMILES string of the molecule is CCc1ccccc1CSc1nncn1C1CCNCC1. The van der Waals surface area contributed by atoms with Crippen LogP contribution in [0.4, 0.5) is 0 Å². The summed E-state index contributed by atoms with van der Waals surface area (Å²) in [5, 5.41) is 12.9. The van der Waals surface area contributed by atoms with Gasteiger partial charge in [0, 0.05) is 11.8 Å². The van der Waals surface area contributed by atoms with Crippen LogP contribution in [0.1, 0.15) is 36.9 Å². The van der Waals surface area contributed by atoms with Crippen molar-refractivity contribution in [3.8, 4) is 0 Å². The fraction of sp³-hybridized carbons (Fsp3) is 0.500. The van der Waals surface area contributed by atoms with Crippen LogP contribution in [0.2, 0.25) is 0 Å². The topological polar surface area (TPSA) is 42.7 Å². The summed E-state index contributed by atoms with van der Waals surface area (Å²) >= 11 is 1.80. The Morgan fingerprint density at radius 1 is 1.24 bits per heavy atom. The van der Waals surface area contributed by atoms with E-state index in [1.54, 1.807) is 11.8 Å². The monoisotopic (exact) mass is 302 g/mol. The Morgan fingerprint density at radius 2 is 2.00 bits per heavy atom. The lowest BCUT2D eigenvalue weighted by Gasteiger charge is -2.24. The fourth-order valence-electron chi connectivity index (χ4n) is 2.86. The Labute approximate surface area is 130 Å². The van der Waals surface area contributed by atoms with E-state index in [1.807, 2.05) is 6.33 Å². The number of rotatable bonds is 5. The van der Waals surface area contributed by atoms with Crippen LogP contribution in [-0.4, -0.2) is 27.9 Å². The molecule has 0 saturated carbocycles. The molecule has 1 aromatic carbocycles. The van der Waals surface area contributed by atoms with Crippen molar-refractivity contribution in [1.82, 2.24) is 20.1 Å². The Hall–Kier alpha value is -1.33. The molecule has 0 unspecified atom stereocenters. The highest BCUT2D eigenvalue weighted by Gasteiger charge is 2.18. The van der Waals surface area contributed by atoms with Crippen LogP contribution in [0, 0.1) is 0 Å². The standard InChI is InChI=1S/C16H22N4S/c1-2-13-5-3-4-6-14(13)11-21-16-19-18-12-20(16)15-7-9-17-10-8-15/h3-6,12,15,17H,2,7-11H2,1H3. The van der Waals surface area contributed by atoms with Gasteiger partial charge in [-0.3, -0.25) is 0 Å². The third-order valence-corrected chi connectivity index (χ3v) is 5.10. The van der Waals surface area contributed by atoms with Crippen molar-refractivity contribution in [1.29, 1.82) is 0 Å². The average Bonchev–Trinajstić information content (AvgIpc) is 3.02. The first-order chi connectivity index (χ1) is 10.4. The second kappa shape index (κ2) is 7.09. The summed E-state index contributed by atoms with van der Waals surface area (Å²) in [5.41, 5.74) is 2.84. The summed E-state index contributed by atoms with van der Waals surface area (Å²) in [4.78, 5) is 0. The maximum absolute atomic E-state index is 4.32. The van der Waals surface area contributed by atoms with Crippen molar-refractivity contribution >= 4 is 11.8 Å². The lowest BCUT2D eigenvalue weighted by molar-refractivity contribution is 0.350. The average molecular weight is 302 g/mol. The largest absolute Gasteiger partial charge is 0.317 e. The Balaban J connectivity index is 1.69. The first-order valence-corrected chi connectivity index (χ1v) is 8.67. The van der Waals surface area contributed by atoms with Gasteiger partial charge in [-0.25, -0.2) is 0 Å². The minimum absolute atomic E-state index is 0.546. The van der Waals surface area contributed by atoms with Crippen LogP contribution in [-0.2, 0) is 12.2 Å². The molecule has 0 amide bonds. The zero-order valence-electron chi connectivity index (χ0n) is 12.5. The molecule has 21 heavy (non-hydrogen) atoms. The minimum atomic E-state index is 0.546. The highest BCUT2D eigenvalue weighted by molar-refractivity contribution is 7.98. The van der Waals surface area contributed by atoms with Gasteiger partial charge in [0.2, 0.25) is 0 Å². The summed E-state index contributed by atoms with van der Waals surface area (Å²) < 4.78 is 2.26. The number of hydrogen-bond acceptors (Lipinski definition) is 4. The molecule has 4 nitrogen and oxygen atoms in total. The maximum atomic E-state index is 4.32. The number of piperidine rings is 1. The number of nitrogens with one attached hydrogen (secondary N) is 1. The molecule has 2 aromatic rings. The molecule has 0 radical (unpaired) electrons. The van der Waals surface area contributed by atoms with E-state index in [0.717, 1.165) is 43.3 Å². The van der Waals surface area contributed by atoms with Gasteiger partial charge in [-0.15, -0.1) is 10.2 Å².